The molecule has 0 aliphatic heterocycles. The van der Waals surface area contributed by atoms with Crippen LogP contribution in [0.15, 0.2) is 24.3 Å². The van der Waals surface area contributed by atoms with Crippen molar-refractivity contribution in [2.75, 3.05) is 12.8 Å². The third-order valence-corrected chi connectivity index (χ3v) is 3.03. The second-order valence-electron chi connectivity index (χ2n) is 4.28. The third kappa shape index (κ3) is 2.06. The van der Waals surface area contributed by atoms with Gasteiger partial charge in [0.1, 0.15) is 11.6 Å². The largest absolute Gasteiger partial charge is 0.496 e. The second-order valence-corrected chi connectivity index (χ2v) is 4.28. The first-order chi connectivity index (χ1) is 8.69. The Kier molecular flexibility index (Phi) is 3.55. The molecule has 0 aliphatic carbocycles. The zero-order valence-corrected chi connectivity index (χ0v) is 11.1. The average Bonchev–Trinajstić information content (AvgIpc) is 2.65. The highest BCUT2D eigenvalue weighted by atomic mass is 16.5. The monoisotopic (exact) mass is 245 g/mol. The van der Waals surface area contributed by atoms with Crippen LogP contribution in [0.3, 0.4) is 0 Å². The van der Waals surface area contributed by atoms with Crippen LogP contribution in [0, 0.1) is 0 Å². The van der Waals surface area contributed by atoms with Crippen molar-refractivity contribution in [2.24, 2.45) is 7.05 Å². The number of ether oxygens (including phenoxy) is 1. The lowest BCUT2D eigenvalue weighted by atomic mass is 10.0. The molecule has 0 amide bonds. The van der Waals surface area contributed by atoms with E-state index in [1.54, 1.807) is 11.8 Å². The van der Waals surface area contributed by atoms with Gasteiger partial charge in [0.15, 0.2) is 0 Å². The van der Waals surface area contributed by atoms with Crippen LogP contribution in [-0.2, 0) is 13.5 Å². The Labute approximate surface area is 107 Å². The summed E-state index contributed by atoms with van der Waals surface area (Å²) in [7, 11) is 3.54. The highest BCUT2D eigenvalue weighted by molar-refractivity contribution is 5.80. The normalized spacial score (nSPS) is 10.6. The number of nitrogens with two attached hydrogens (primary N) is 1. The molecular formula is C14H19N3O. The van der Waals surface area contributed by atoms with Crippen molar-refractivity contribution in [2.45, 2.75) is 19.8 Å². The molecule has 2 aromatic rings. The molecule has 2 N–H and O–H groups in total. The number of hydrogen-bond acceptors (Lipinski definition) is 3. The predicted octanol–water partition coefficient (Wildman–Crippen LogP) is 2.63. The van der Waals surface area contributed by atoms with Gasteiger partial charge in [-0.05, 0) is 12.5 Å². The number of para-hydroxylation sites is 1. The van der Waals surface area contributed by atoms with E-state index in [1.165, 1.54) is 0 Å². The number of hydrogen-bond donors (Lipinski definition) is 1. The van der Waals surface area contributed by atoms with Crippen molar-refractivity contribution >= 4 is 5.82 Å². The summed E-state index contributed by atoms with van der Waals surface area (Å²) >= 11 is 0. The summed E-state index contributed by atoms with van der Waals surface area (Å²) in [6.45, 7) is 2.14. The zero-order chi connectivity index (χ0) is 13.1. The molecule has 4 heteroatoms. The first kappa shape index (κ1) is 12.5. The summed E-state index contributed by atoms with van der Waals surface area (Å²) in [6.07, 6.45) is 1.96. The Morgan fingerprint density at radius 2 is 2.06 bits per heavy atom. The van der Waals surface area contributed by atoms with Gasteiger partial charge in [0.05, 0.1) is 18.4 Å². The smallest absolute Gasteiger partial charge is 0.129 e. The molecule has 4 nitrogen and oxygen atoms in total. The third-order valence-electron chi connectivity index (χ3n) is 3.03. The maximum atomic E-state index is 6.13. The molecule has 0 unspecified atom stereocenters. The van der Waals surface area contributed by atoms with Gasteiger partial charge in [0.25, 0.3) is 0 Å². The Morgan fingerprint density at radius 1 is 1.33 bits per heavy atom. The number of benzene rings is 1. The molecule has 0 saturated heterocycles. The minimum absolute atomic E-state index is 0.683. The number of methoxy groups -OCH3 is 1. The van der Waals surface area contributed by atoms with Gasteiger partial charge in [0, 0.05) is 12.6 Å². The summed E-state index contributed by atoms with van der Waals surface area (Å²) in [5.74, 6) is 1.51. The first-order valence-electron chi connectivity index (χ1n) is 6.13. The molecule has 0 radical (unpaired) electrons. The van der Waals surface area contributed by atoms with Gasteiger partial charge < -0.3 is 10.5 Å². The van der Waals surface area contributed by atoms with Crippen molar-refractivity contribution in [1.82, 2.24) is 9.78 Å². The maximum absolute atomic E-state index is 6.13. The van der Waals surface area contributed by atoms with Crippen LogP contribution in [-0.4, -0.2) is 16.9 Å². The molecule has 0 spiro atoms. The van der Waals surface area contributed by atoms with Crippen molar-refractivity contribution in [3.63, 3.8) is 0 Å². The van der Waals surface area contributed by atoms with Crippen molar-refractivity contribution in [1.29, 1.82) is 0 Å². The molecule has 18 heavy (non-hydrogen) atoms. The van der Waals surface area contributed by atoms with E-state index in [4.69, 9.17) is 10.5 Å². The number of anilines is 1. The van der Waals surface area contributed by atoms with Gasteiger partial charge in [-0.15, -0.1) is 0 Å². The molecule has 2 rings (SSSR count). The first-order valence-corrected chi connectivity index (χ1v) is 6.13. The molecule has 1 heterocycles. The van der Waals surface area contributed by atoms with Gasteiger partial charge >= 0.3 is 0 Å². The molecule has 0 saturated carbocycles. The second kappa shape index (κ2) is 5.12. The Hall–Kier alpha value is -1.97. The Balaban J connectivity index is 2.62. The van der Waals surface area contributed by atoms with Crippen molar-refractivity contribution in [3.8, 4) is 16.9 Å². The fourth-order valence-electron chi connectivity index (χ4n) is 2.15. The van der Waals surface area contributed by atoms with Gasteiger partial charge in [-0.1, -0.05) is 31.5 Å². The lowest BCUT2D eigenvalue weighted by Gasteiger charge is -2.09. The highest BCUT2D eigenvalue weighted by Crippen LogP contribution is 2.36. The van der Waals surface area contributed by atoms with Gasteiger partial charge in [-0.3, -0.25) is 4.68 Å². The zero-order valence-electron chi connectivity index (χ0n) is 11.1. The standard InChI is InChI=1S/C14H19N3O/c1-4-7-11-13(14(15)17(2)16-11)10-8-5-6-9-12(10)18-3/h5-6,8-9H,4,7,15H2,1-3H3. The van der Waals surface area contributed by atoms with E-state index >= 15 is 0 Å². The molecular weight excluding hydrogens is 226 g/mol. The van der Waals surface area contributed by atoms with E-state index < -0.39 is 0 Å². The summed E-state index contributed by atoms with van der Waals surface area (Å²) in [6, 6.07) is 7.90. The lowest BCUT2D eigenvalue weighted by molar-refractivity contribution is 0.416. The van der Waals surface area contributed by atoms with Gasteiger partial charge in [0.2, 0.25) is 0 Å². The van der Waals surface area contributed by atoms with E-state index in [0.717, 1.165) is 35.4 Å². The number of rotatable bonds is 4. The van der Waals surface area contributed by atoms with E-state index in [-0.39, 0.29) is 0 Å². The van der Waals surface area contributed by atoms with Crippen LogP contribution in [0.4, 0.5) is 5.82 Å². The lowest BCUT2D eigenvalue weighted by Crippen LogP contribution is -1.98. The summed E-state index contributed by atoms with van der Waals surface area (Å²) in [5.41, 5.74) is 9.17. The van der Waals surface area contributed by atoms with Crippen LogP contribution in [0.5, 0.6) is 5.75 Å². The molecule has 0 fully saturated rings. The SMILES string of the molecule is CCCc1nn(C)c(N)c1-c1ccccc1OC. The van der Waals surface area contributed by atoms with Crippen LogP contribution in [0.1, 0.15) is 19.0 Å². The van der Waals surface area contributed by atoms with Gasteiger partial charge in [-0.2, -0.15) is 5.10 Å². The Morgan fingerprint density at radius 3 is 2.72 bits per heavy atom. The fraction of sp³-hybridized carbons (Fsp3) is 0.357. The van der Waals surface area contributed by atoms with E-state index in [1.807, 2.05) is 31.3 Å². The average molecular weight is 245 g/mol. The van der Waals surface area contributed by atoms with Crippen molar-refractivity contribution in [3.05, 3.63) is 30.0 Å². The molecule has 1 aromatic carbocycles. The van der Waals surface area contributed by atoms with E-state index in [0.29, 0.717) is 5.82 Å². The van der Waals surface area contributed by atoms with Crippen LogP contribution >= 0.6 is 0 Å². The summed E-state index contributed by atoms with van der Waals surface area (Å²) in [4.78, 5) is 0. The number of nitrogens with zero attached hydrogens (tertiary/aromatic N) is 2. The number of aryl methyl sites for hydroxylation is 2. The van der Waals surface area contributed by atoms with Crippen molar-refractivity contribution < 1.29 is 4.74 Å². The molecule has 0 atom stereocenters. The van der Waals surface area contributed by atoms with Crippen LogP contribution in [0.25, 0.3) is 11.1 Å². The van der Waals surface area contributed by atoms with Crippen LogP contribution < -0.4 is 10.5 Å². The molecule has 0 bridgehead atoms. The molecule has 96 valence electrons. The topological polar surface area (TPSA) is 53.1 Å². The molecule has 1 aromatic heterocycles. The highest BCUT2D eigenvalue weighted by Gasteiger charge is 2.17. The fourth-order valence-corrected chi connectivity index (χ4v) is 2.15. The minimum Gasteiger partial charge on any atom is -0.496 e. The van der Waals surface area contributed by atoms with E-state index in [2.05, 4.69) is 12.0 Å². The number of nitrogen functional groups attached to an aromatic ring is 1. The quantitative estimate of drug-likeness (QED) is 0.900. The molecule has 0 aliphatic rings. The number of aromatic nitrogens is 2. The summed E-state index contributed by atoms with van der Waals surface area (Å²) < 4.78 is 7.13. The predicted molar refractivity (Wildman–Crippen MR) is 73.6 cm³/mol. The summed E-state index contributed by atoms with van der Waals surface area (Å²) in [5, 5.41) is 4.49. The van der Waals surface area contributed by atoms with E-state index in [9.17, 15) is 0 Å². The van der Waals surface area contributed by atoms with Gasteiger partial charge in [-0.25, -0.2) is 0 Å². The maximum Gasteiger partial charge on any atom is 0.129 e. The van der Waals surface area contributed by atoms with Crippen LogP contribution in [0.2, 0.25) is 0 Å². The Bertz CT molecular complexity index is 546. The minimum atomic E-state index is 0.683.